The minimum absolute atomic E-state index is 0.616. The molecule has 1 aliphatic carbocycles. The minimum atomic E-state index is 0.616. The molecule has 13 heavy (non-hydrogen) atoms. The van der Waals surface area contributed by atoms with Gasteiger partial charge < -0.3 is 4.90 Å². The molecule has 1 nitrogen and oxygen atoms in total. The molecular weight excluding hydrogens is 198 g/mol. The third-order valence-corrected chi connectivity index (χ3v) is 4.98. The Bertz CT molecular complexity index is 180. The van der Waals surface area contributed by atoms with E-state index in [-0.39, 0.29) is 0 Å². The first-order valence-corrected chi connectivity index (χ1v) is 6.87. The van der Waals surface area contributed by atoms with E-state index in [4.69, 9.17) is 0 Å². The molecule has 0 radical (unpaired) electrons. The summed E-state index contributed by atoms with van der Waals surface area (Å²) in [6.45, 7) is 6.24. The molecule has 0 N–H and O–H groups in total. The van der Waals surface area contributed by atoms with Crippen LogP contribution < -0.4 is 0 Å². The molecule has 0 bridgehead atoms. The van der Waals surface area contributed by atoms with Crippen molar-refractivity contribution in [2.75, 3.05) is 31.1 Å². The van der Waals surface area contributed by atoms with Crippen molar-refractivity contribution in [2.24, 2.45) is 5.41 Å². The Balaban J connectivity index is 1.80. The molecule has 0 aromatic heterocycles. The monoisotopic (exact) mass is 217 g/mol. The molecule has 0 aromatic rings. The summed E-state index contributed by atoms with van der Waals surface area (Å²) < 4.78 is 0. The molecular formula is C10H19NS2. The van der Waals surface area contributed by atoms with E-state index in [2.05, 4.69) is 36.2 Å². The number of hydrogen-bond donors (Lipinski definition) is 1. The van der Waals surface area contributed by atoms with Crippen molar-refractivity contribution in [3.05, 3.63) is 0 Å². The van der Waals surface area contributed by atoms with Gasteiger partial charge in [0.1, 0.15) is 0 Å². The molecule has 0 amide bonds. The largest absolute Gasteiger partial charge is 0.301 e. The Morgan fingerprint density at radius 1 is 1.54 bits per heavy atom. The van der Waals surface area contributed by atoms with Gasteiger partial charge in [-0.15, -0.1) is 0 Å². The highest BCUT2D eigenvalue weighted by Crippen LogP contribution is 2.47. The van der Waals surface area contributed by atoms with Gasteiger partial charge in [-0.05, 0) is 24.0 Å². The summed E-state index contributed by atoms with van der Waals surface area (Å²) in [7, 11) is 0. The maximum absolute atomic E-state index is 4.45. The highest BCUT2D eigenvalue weighted by Gasteiger charge is 2.42. The van der Waals surface area contributed by atoms with Crippen molar-refractivity contribution in [1.29, 1.82) is 0 Å². The van der Waals surface area contributed by atoms with E-state index in [1.54, 1.807) is 0 Å². The fourth-order valence-electron chi connectivity index (χ4n) is 2.05. The molecule has 3 heteroatoms. The third-order valence-electron chi connectivity index (χ3n) is 3.18. The van der Waals surface area contributed by atoms with Gasteiger partial charge in [0.2, 0.25) is 0 Å². The van der Waals surface area contributed by atoms with Crippen LogP contribution in [0.25, 0.3) is 0 Å². The number of nitrogens with zero attached hydrogens (tertiary/aromatic N) is 1. The molecule has 1 atom stereocenters. The van der Waals surface area contributed by atoms with Gasteiger partial charge in [0, 0.05) is 30.6 Å². The molecule has 1 saturated carbocycles. The lowest BCUT2D eigenvalue weighted by Gasteiger charge is -2.33. The Morgan fingerprint density at radius 2 is 2.31 bits per heavy atom. The molecule has 0 spiro atoms. The summed E-state index contributed by atoms with van der Waals surface area (Å²) in [5, 5.41) is 0.837. The van der Waals surface area contributed by atoms with Crippen LogP contribution in [0.3, 0.4) is 0 Å². The van der Waals surface area contributed by atoms with Gasteiger partial charge in [0.05, 0.1) is 0 Å². The number of thioether (sulfide) groups is 1. The topological polar surface area (TPSA) is 3.24 Å². The standard InChI is InChI=1S/C10H19NS2/c1-9-6-11(4-5-13-9)7-10(8-12)2-3-10/h9,12H,2-8H2,1H3. The predicted octanol–water partition coefficient (Wildman–Crippen LogP) is 2.13. The van der Waals surface area contributed by atoms with E-state index in [9.17, 15) is 0 Å². The molecule has 2 rings (SSSR count). The number of thiol groups is 1. The summed E-state index contributed by atoms with van der Waals surface area (Å²) in [6.07, 6.45) is 2.82. The van der Waals surface area contributed by atoms with E-state index in [1.165, 1.54) is 38.2 Å². The predicted molar refractivity (Wildman–Crippen MR) is 63.9 cm³/mol. The van der Waals surface area contributed by atoms with Gasteiger partial charge >= 0.3 is 0 Å². The third kappa shape index (κ3) is 2.57. The highest BCUT2D eigenvalue weighted by molar-refractivity contribution is 7.99. The van der Waals surface area contributed by atoms with Crippen molar-refractivity contribution in [2.45, 2.75) is 25.0 Å². The summed E-state index contributed by atoms with van der Waals surface area (Å²) >= 11 is 6.57. The maximum atomic E-state index is 4.45. The number of hydrogen-bond acceptors (Lipinski definition) is 3. The Labute approximate surface area is 91.1 Å². The molecule has 1 unspecified atom stereocenters. The molecule has 2 fully saturated rings. The van der Waals surface area contributed by atoms with Crippen LogP contribution in [0.4, 0.5) is 0 Å². The molecule has 2 aliphatic rings. The first-order chi connectivity index (χ1) is 6.24. The molecule has 1 heterocycles. The second-order valence-electron chi connectivity index (χ2n) is 4.57. The fourth-order valence-corrected chi connectivity index (χ4v) is 3.55. The summed E-state index contributed by atoms with van der Waals surface area (Å²) in [5.41, 5.74) is 0.616. The normalized spacial score (nSPS) is 33.2. The lowest BCUT2D eigenvalue weighted by Crippen LogP contribution is -2.40. The van der Waals surface area contributed by atoms with E-state index in [1.807, 2.05) is 0 Å². The van der Waals surface area contributed by atoms with Gasteiger partial charge in [0.25, 0.3) is 0 Å². The van der Waals surface area contributed by atoms with E-state index >= 15 is 0 Å². The van der Waals surface area contributed by atoms with Crippen molar-refractivity contribution >= 4 is 24.4 Å². The van der Waals surface area contributed by atoms with Crippen LogP contribution in [0.1, 0.15) is 19.8 Å². The second kappa shape index (κ2) is 4.03. The lowest BCUT2D eigenvalue weighted by molar-refractivity contribution is 0.240. The molecule has 0 aromatic carbocycles. The SMILES string of the molecule is CC1CN(CC2(CS)CC2)CCS1. The van der Waals surface area contributed by atoms with E-state index < -0.39 is 0 Å². The second-order valence-corrected chi connectivity index (χ2v) is 6.44. The maximum Gasteiger partial charge on any atom is 0.0147 e. The highest BCUT2D eigenvalue weighted by atomic mass is 32.2. The first-order valence-electron chi connectivity index (χ1n) is 5.19. The average Bonchev–Trinajstić information content (AvgIpc) is 2.86. The zero-order valence-electron chi connectivity index (χ0n) is 8.33. The zero-order chi connectivity index (χ0) is 9.31. The quantitative estimate of drug-likeness (QED) is 0.722. The smallest absolute Gasteiger partial charge is 0.0147 e. The average molecular weight is 217 g/mol. The van der Waals surface area contributed by atoms with Gasteiger partial charge in [-0.2, -0.15) is 24.4 Å². The van der Waals surface area contributed by atoms with Crippen LogP contribution in [0.2, 0.25) is 0 Å². The van der Waals surface area contributed by atoms with E-state index in [0.717, 1.165) is 11.0 Å². The molecule has 1 saturated heterocycles. The summed E-state index contributed by atoms with van der Waals surface area (Å²) in [5.74, 6) is 2.41. The number of rotatable bonds is 3. The van der Waals surface area contributed by atoms with Gasteiger partial charge in [-0.25, -0.2) is 0 Å². The van der Waals surface area contributed by atoms with Crippen LogP contribution in [-0.4, -0.2) is 41.3 Å². The van der Waals surface area contributed by atoms with Gasteiger partial charge in [0.15, 0.2) is 0 Å². The van der Waals surface area contributed by atoms with Crippen LogP contribution in [0.15, 0.2) is 0 Å². The van der Waals surface area contributed by atoms with Crippen molar-refractivity contribution in [1.82, 2.24) is 4.90 Å². The zero-order valence-corrected chi connectivity index (χ0v) is 10.0. The molecule has 76 valence electrons. The van der Waals surface area contributed by atoms with Crippen molar-refractivity contribution in [3.8, 4) is 0 Å². The Morgan fingerprint density at radius 3 is 2.85 bits per heavy atom. The van der Waals surface area contributed by atoms with Crippen LogP contribution in [-0.2, 0) is 0 Å². The Kier molecular flexibility index (Phi) is 3.16. The molecule has 1 aliphatic heterocycles. The fraction of sp³-hybridized carbons (Fsp3) is 1.00. The van der Waals surface area contributed by atoms with Crippen molar-refractivity contribution in [3.63, 3.8) is 0 Å². The van der Waals surface area contributed by atoms with E-state index in [0.29, 0.717) is 5.41 Å². The van der Waals surface area contributed by atoms with Crippen molar-refractivity contribution < 1.29 is 0 Å². The minimum Gasteiger partial charge on any atom is -0.301 e. The van der Waals surface area contributed by atoms with Crippen LogP contribution >= 0.6 is 24.4 Å². The Hall–Kier alpha value is 0.660. The van der Waals surface area contributed by atoms with Gasteiger partial charge in [-0.1, -0.05) is 6.92 Å². The first kappa shape index (κ1) is 10.2. The summed E-state index contributed by atoms with van der Waals surface area (Å²) in [4.78, 5) is 2.64. The van der Waals surface area contributed by atoms with Crippen LogP contribution in [0.5, 0.6) is 0 Å². The van der Waals surface area contributed by atoms with Crippen LogP contribution in [0, 0.1) is 5.41 Å². The lowest BCUT2D eigenvalue weighted by atomic mass is 10.1. The van der Waals surface area contributed by atoms with Gasteiger partial charge in [-0.3, -0.25) is 0 Å². The summed E-state index contributed by atoms with van der Waals surface area (Å²) in [6, 6.07) is 0.